The van der Waals surface area contributed by atoms with E-state index in [9.17, 15) is 0 Å². The van der Waals surface area contributed by atoms with Crippen LogP contribution in [0.1, 0.15) is 11.1 Å². The summed E-state index contributed by atoms with van der Waals surface area (Å²) in [5.41, 5.74) is 2.46. The third kappa shape index (κ3) is 4.17. The maximum atomic E-state index is 5.62. The van der Waals surface area contributed by atoms with Crippen molar-refractivity contribution in [1.82, 2.24) is 5.32 Å². The highest BCUT2D eigenvalue weighted by atomic mass is 16.5. The molecule has 0 saturated heterocycles. The zero-order valence-electron chi connectivity index (χ0n) is 9.71. The fourth-order valence-corrected chi connectivity index (χ4v) is 1.37. The minimum Gasteiger partial charge on any atom is -0.489 e. The summed E-state index contributed by atoms with van der Waals surface area (Å²) in [6.07, 6.45) is 4.08. The maximum Gasteiger partial charge on any atom is 0.122 e. The molecule has 1 N–H and O–H groups in total. The third-order valence-corrected chi connectivity index (χ3v) is 2.15. The topological polar surface area (TPSA) is 21.3 Å². The Kier molecular flexibility index (Phi) is 4.91. The molecule has 0 heterocycles. The van der Waals surface area contributed by atoms with Crippen LogP contribution in [0, 0.1) is 13.8 Å². The van der Waals surface area contributed by atoms with Crippen LogP contribution in [0.5, 0.6) is 5.75 Å². The van der Waals surface area contributed by atoms with Gasteiger partial charge in [0.25, 0.3) is 0 Å². The smallest absolute Gasteiger partial charge is 0.122 e. The van der Waals surface area contributed by atoms with Gasteiger partial charge in [-0.25, -0.2) is 0 Å². The van der Waals surface area contributed by atoms with Gasteiger partial charge in [-0.3, -0.25) is 0 Å². The van der Waals surface area contributed by atoms with Crippen molar-refractivity contribution in [2.24, 2.45) is 0 Å². The number of aryl methyl sites for hydroxylation is 2. The lowest BCUT2D eigenvalue weighted by Crippen LogP contribution is -2.04. The lowest BCUT2D eigenvalue weighted by Gasteiger charge is -2.07. The number of benzene rings is 1. The second-order valence-corrected chi connectivity index (χ2v) is 3.61. The van der Waals surface area contributed by atoms with Crippen molar-refractivity contribution in [3.05, 3.63) is 41.5 Å². The molecule has 2 heteroatoms. The number of likely N-dealkylation sites (N-methyl/N-ethyl adjacent to an activating group) is 1. The molecule has 1 aromatic rings. The number of hydrogen-bond acceptors (Lipinski definition) is 2. The Bertz CT molecular complexity index is 331. The van der Waals surface area contributed by atoms with Crippen molar-refractivity contribution < 1.29 is 4.74 Å². The van der Waals surface area contributed by atoms with Gasteiger partial charge in [-0.1, -0.05) is 29.8 Å². The molecule has 2 nitrogen and oxygen atoms in total. The van der Waals surface area contributed by atoms with Gasteiger partial charge < -0.3 is 10.1 Å². The Morgan fingerprint density at radius 3 is 2.73 bits per heavy atom. The summed E-state index contributed by atoms with van der Waals surface area (Å²) in [4.78, 5) is 0. The molecule has 0 bridgehead atoms. The minimum atomic E-state index is 0.631. The predicted molar refractivity (Wildman–Crippen MR) is 64.5 cm³/mol. The van der Waals surface area contributed by atoms with E-state index in [2.05, 4.69) is 37.4 Å². The van der Waals surface area contributed by atoms with E-state index in [1.165, 1.54) is 11.1 Å². The first-order valence-corrected chi connectivity index (χ1v) is 5.23. The van der Waals surface area contributed by atoms with E-state index in [0.717, 1.165) is 12.3 Å². The first-order valence-electron chi connectivity index (χ1n) is 5.23. The molecule has 0 radical (unpaired) electrons. The summed E-state index contributed by atoms with van der Waals surface area (Å²) in [6, 6.07) is 6.23. The summed E-state index contributed by atoms with van der Waals surface area (Å²) in [5.74, 6) is 0.967. The number of rotatable bonds is 5. The van der Waals surface area contributed by atoms with Crippen LogP contribution in [-0.2, 0) is 0 Å². The van der Waals surface area contributed by atoms with Crippen LogP contribution in [0.2, 0.25) is 0 Å². The molecule has 15 heavy (non-hydrogen) atoms. The average Bonchev–Trinajstić information content (AvgIpc) is 2.20. The Labute approximate surface area is 92.0 Å². The van der Waals surface area contributed by atoms with Gasteiger partial charge in [0.15, 0.2) is 0 Å². The predicted octanol–water partition coefficient (Wildman–Crippen LogP) is 2.46. The van der Waals surface area contributed by atoms with E-state index in [1.807, 2.05) is 19.2 Å². The molecule has 0 spiro atoms. The van der Waals surface area contributed by atoms with Crippen molar-refractivity contribution in [2.75, 3.05) is 20.2 Å². The fourth-order valence-electron chi connectivity index (χ4n) is 1.37. The molecule has 0 fully saturated rings. The van der Waals surface area contributed by atoms with Crippen LogP contribution in [0.3, 0.4) is 0 Å². The summed E-state index contributed by atoms with van der Waals surface area (Å²) in [5, 5.41) is 3.04. The van der Waals surface area contributed by atoms with Crippen LogP contribution < -0.4 is 10.1 Å². The molecular formula is C13H19NO. The molecule has 0 unspecified atom stereocenters. The van der Waals surface area contributed by atoms with Gasteiger partial charge in [-0.15, -0.1) is 0 Å². The van der Waals surface area contributed by atoms with E-state index < -0.39 is 0 Å². The van der Waals surface area contributed by atoms with E-state index >= 15 is 0 Å². The molecule has 0 aliphatic rings. The van der Waals surface area contributed by atoms with Crippen molar-refractivity contribution in [1.29, 1.82) is 0 Å². The third-order valence-electron chi connectivity index (χ3n) is 2.15. The molecule has 1 aromatic carbocycles. The van der Waals surface area contributed by atoms with E-state index in [1.54, 1.807) is 0 Å². The van der Waals surface area contributed by atoms with Crippen LogP contribution in [0.15, 0.2) is 30.4 Å². The van der Waals surface area contributed by atoms with Gasteiger partial charge in [0.05, 0.1) is 0 Å². The Balaban J connectivity index is 2.44. The quantitative estimate of drug-likeness (QED) is 0.746. The van der Waals surface area contributed by atoms with Gasteiger partial charge in [-0.2, -0.15) is 0 Å². The normalized spacial score (nSPS) is 10.9. The van der Waals surface area contributed by atoms with E-state index in [0.29, 0.717) is 6.61 Å². The van der Waals surface area contributed by atoms with Crippen molar-refractivity contribution in [3.63, 3.8) is 0 Å². The highest BCUT2D eigenvalue weighted by molar-refractivity contribution is 5.35. The number of hydrogen-bond donors (Lipinski definition) is 1. The fraction of sp³-hybridized carbons (Fsp3) is 0.385. The summed E-state index contributed by atoms with van der Waals surface area (Å²) >= 11 is 0. The maximum absolute atomic E-state index is 5.62. The Hall–Kier alpha value is -1.28. The van der Waals surface area contributed by atoms with Crippen LogP contribution >= 0.6 is 0 Å². The van der Waals surface area contributed by atoms with Crippen LogP contribution in [0.4, 0.5) is 0 Å². The second-order valence-electron chi connectivity index (χ2n) is 3.61. The van der Waals surface area contributed by atoms with Crippen molar-refractivity contribution >= 4 is 0 Å². The molecule has 0 amide bonds. The average molecular weight is 205 g/mol. The van der Waals surface area contributed by atoms with E-state index in [-0.39, 0.29) is 0 Å². The van der Waals surface area contributed by atoms with Gasteiger partial charge in [-0.05, 0) is 32.5 Å². The summed E-state index contributed by atoms with van der Waals surface area (Å²) in [7, 11) is 1.93. The lowest BCUT2D eigenvalue weighted by molar-refractivity contribution is 0.360. The van der Waals surface area contributed by atoms with Crippen molar-refractivity contribution in [2.45, 2.75) is 13.8 Å². The standard InChI is InChI=1S/C13H19NO/c1-11-6-7-13(12(2)10-11)15-9-5-4-8-14-3/h4-7,10,14H,8-9H2,1-3H3/b5-4+. The Morgan fingerprint density at radius 1 is 1.27 bits per heavy atom. The highest BCUT2D eigenvalue weighted by Gasteiger charge is 1.97. The second kappa shape index (κ2) is 6.25. The van der Waals surface area contributed by atoms with Gasteiger partial charge in [0, 0.05) is 6.54 Å². The molecule has 0 aliphatic heterocycles. The molecule has 1 rings (SSSR count). The zero-order valence-corrected chi connectivity index (χ0v) is 9.71. The molecule has 0 aromatic heterocycles. The molecule has 0 saturated carbocycles. The monoisotopic (exact) mass is 205 g/mol. The number of nitrogens with one attached hydrogen (secondary N) is 1. The van der Waals surface area contributed by atoms with Gasteiger partial charge >= 0.3 is 0 Å². The lowest BCUT2D eigenvalue weighted by atomic mass is 10.1. The number of ether oxygens (including phenoxy) is 1. The zero-order chi connectivity index (χ0) is 11.1. The molecule has 0 aliphatic carbocycles. The van der Waals surface area contributed by atoms with Crippen LogP contribution in [0.25, 0.3) is 0 Å². The molecule has 82 valence electrons. The van der Waals surface area contributed by atoms with Crippen molar-refractivity contribution in [3.8, 4) is 5.75 Å². The molecular weight excluding hydrogens is 186 g/mol. The first-order chi connectivity index (χ1) is 7.24. The van der Waals surface area contributed by atoms with E-state index in [4.69, 9.17) is 4.74 Å². The van der Waals surface area contributed by atoms with Crippen LogP contribution in [-0.4, -0.2) is 20.2 Å². The van der Waals surface area contributed by atoms with Gasteiger partial charge in [0.2, 0.25) is 0 Å². The largest absolute Gasteiger partial charge is 0.489 e. The molecule has 0 atom stereocenters. The minimum absolute atomic E-state index is 0.631. The highest BCUT2D eigenvalue weighted by Crippen LogP contribution is 2.18. The Morgan fingerprint density at radius 2 is 2.07 bits per heavy atom. The SMILES string of the molecule is CNC/C=C/COc1ccc(C)cc1C. The first kappa shape index (κ1) is 11.8. The summed E-state index contributed by atoms with van der Waals surface area (Å²) < 4.78 is 5.62. The van der Waals surface area contributed by atoms with Gasteiger partial charge in [0.1, 0.15) is 12.4 Å². The summed E-state index contributed by atoms with van der Waals surface area (Å²) in [6.45, 7) is 5.67.